The van der Waals surface area contributed by atoms with Crippen LogP contribution in [0.25, 0.3) is 0 Å². The fraction of sp³-hybridized carbons (Fsp3) is 0.522. The lowest BCUT2D eigenvalue weighted by atomic mass is 10.1. The Morgan fingerprint density at radius 1 is 1.16 bits per heavy atom. The van der Waals surface area contributed by atoms with Crippen LogP contribution in [0.4, 0.5) is 5.69 Å². The summed E-state index contributed by atoms with van der Waals surface area (Å²) in [6.07, 6.45) is 5.61. The van der Waals surface area contributed by atoms with Crippen molar-refractivity contribution < 1.29 is 14.3 Å². The van der Waals surface area contributed by atoms with Gasteiger partial charge in [0.25, 0.3) is 5.56 Å². The first-order chi connectivity index (χ1) is 15.1. The number of benzene rings is 1. The highest BCUT2D eigenvalue weighted by Gasteiger charge is 2.29. The van der Waals surface area contributed by atoms with Gasteiger partial charge in [0.2, 0.25) is 5.91 Å². The molecule has 31 heavy (non-hydrogen) atoms. The van der Waals surface area contributed by atoms with E-state index >= 15 is 0 Å². The van der Waals surface area contributed by atoms with Crippen LogP contribution in [-0.2, 0) is 17.8 Å². The molecule has 0 bridgehead atoms. The van der Waals surface area contributed by atoms with Gasteiger partial charge in [-0.3, -0.25) is 9.59 Å². The zero-order valence-corrected chi connectivity index (χ0v) is 18.2. The summed E-state index contributed by atoms with van der Waals surface area (Å²) in [6.45, 7) is 2.63. The molecule has 1 aliphatic heterocycles. The molecular weight excluding hydrogens is 396 g/mol. The lowest BCUT2D eigenvalue weighted by Gasteiger charge is -2.18. The number of rotatable bonds is 9. The Hall–Kier alpha value is -3.03. The van der Waals surface area contributed by atoms with Gasteiger partial charge in [-0.1, -0.05) is 6.07 Å². The van der Waals surface area contributed by atoms with Crippen LogP contribution < -0.4 is 25.2 Å². The van der Waals surface area contributed by atoms with Gasteiger partial charge >= 0.3 is 0 Å². The van der Waals surface area contributed by atoms with Crippen LogP contribution >= 0.6 is 0 Å². The van der Waals surface area contributed by atoms with Crippen LogP contribution in [0.1, 0.15) is 24.8 Å². The van der Waals surface area contributed by atoms with Crippen LogP contribution in [0, 0.1) is 11.8 Å². The molecule has 0 spiro atoms. The zero-order chi connectivity index (χ0) is 21.8. The van der Waals surface area contributed by atoms with E-state index in [4.69, 9.17) is 9.47 Å². The minimum absolute atomic E-state index is 0.0537. The summed E-state index contributed by atoms with van der Waals surface area (Å²) in [6, 6.07) is 7.42. The van der Waals surface area contributed by atoms with Gasteiger partial charge in [-0.25, -0.2) is 4.68 Å². The molecule has 2 heterocycles. The smallest absolute Gasteiger partial charge is 0.268 e. The normalized spacial score (nSPS) is 18.1. The summed E-state index contributed by atoms with van der Waals surface area (Å²) in [7, 11) is 3.22. The monoisotopic (exact) mass is 426 g/mol. The molecule has 4 rings (SSSR count). The summed E-state index contributed by atoms with van der Waals surface area (Å²) in [5, 5.41) is 7.37. The number of nitrogens with zero attached hydrogens (tertiary/aromatic N) is 3. The molecule has 1 unspecified atom stereocenters. The maximum absolute atomic E-state index is 12.6. The predicted molar refractivity (Wildman–Crippen MR) is 118 cm³/mol. The van der Waals surface area contributed by atoms with Gasteiger partial charge in [0.15, 0.2) is 11.5 Å². The number of hydrogen-bond acceptors (Lipinski definition) is 6. The summed E-state index contributed by atoms with van der Waals surface area (Å²) in [5.41, 5.74) is 1.81. The standard InChI is InChI=1S/C23H30N4O4/c1-30-20-6-5-16(11-21(20)31-2)7-9-24-23(29)18-8-10-26(15-18)19-12-22(28)27(25-13-19)14-17-3-4-17/h5-6,11-13,17-18H,3-4,7-10,14-15H2,1-2H3,(H,24,29). The quantitative estimate of drug-likeness (QED) is 0.659. The largest absolute Gasteiger partial charge is 0.493 e. The maximum atomic E-state index is 12.6. The van der Waals surface area contributed by atoms with Gasteiger partial charge in [-0.2, -0.15) is 5.10 Å². The average Bonchev–Trinajstić information content (AvgIpc) is 3.46. The first kappa shape index (κ1) is 21.2. The van der Waals surface area contributed by atoms with E-state index in [-0.39, 0.29) is 17.4 Å². The Balaban J connectivity index is 1.27. The van der Waals surface area contributed by atoms with E-state index in [0.717, 1.165) is 24.2 Å². The van der Waals surface area contributed by atoms with Crippen LogP contribution in [0.3, 0.4) is 0 Å². The fourth-order valence-corrected chi connectivity index (χ4v) is 4.00. The van der Waals surface area contributed by atoms with Crippen LogP contribution in [0.5, 0.6) is 11.5 Å². The summed E-state index contributed by atoms with van der Waals surface area (Å²) >= 11 is 0. The summed E-state index contributed by atoms with van der Waals surface area (Å²) in [4.78, 5) is 27.0. The topological polar surface area (TPSA) is 85.7 Å². The highest BCUT2D eigenvalue weighted by atomic mass is 16.5. The van der Waals surface area contributed by atoms with E-state index in [9.17, 15) is 9.59 Å². The van der Waals surface area contributed by atoms with E-state index in [0.29, 0.717) is 43.5 Å². The van der Waals surface area contributed by atoms with E-state index in [1.807, 2.05) is 18.2 Å². The van der Waals surface area contributed by atoms with E-state index in [1.165, 1.54) is 12.8 Å². The summed E-state index contributed by atoms with van der Waals surface area (Å²) in [5.74, 6) is 1.95. The van der Waals surface area contributed by atoms with Crippen molar-refractivity contribution in [2.24, 2.45) is 11.8 Å². The molecule has 1 saturated carbocycles. The molecule has 2 aliphatic rings. The molecular formula is C23H30N4O4. The number of aromatic nitrogens is 2. The van der Waals surface area contributed by atoms with Crippen molar-refractivity contribution in [3.63, 3.8) is 0 Å². The second kappa shape index (κ2) is 9.41. The lowest BCUT2D eigenvalue weighted by molar-refractivity contribution is -0.124. The van der Waals surface area contributed by atoms with Crippen molar-refractivity contribution in [2.75, 3.05) is 38.8 Å². The molecule has 0 radical (unpaired) electrons. The van der Waals surface area contributed by atoms with Crippen molar-refractivity contribution in [1.29, 1.82) is 0 Å². The molecule has 2 fully saturated rings. The number of hydrogen-bond donors (Lipinski definition) is 1. The number of anilines is 1. The average molecular weight is 427 g/mol. The lowest BCUT2D eigenvalue weighted by Crippen LogP contribution is -2.34. The highest BCUT2D eigenvalue weighted by molar-refractivity contribution is 5.80. The number of ether oxygens (including phenoxy) is 2. The molecule has 1 atom stereocenters. The zero-order valence-electron chi connectivity index (χ0n) is 18.2. The van der Waals surface area contributed by atoms with Crippen molar-refractivity contribution in [2.45, 2.75) is 32.2 Å². The highest BCUT2D eigenvalue weighted by Crippen LogP contribution is 2.30. The van der Waals surface area contributed by atoms with Gasteiger partial charge in [-0.15, -0.1) is 0 Å². The number of nitrogens with one attached hydrogen (secondary N) is 1. The Labute approximate surface area is 182 Å². The van der Waals surface area contributed by atoms with Crippen LogP contribution in [-0.4, -0.2) is 49.5 Å². The molecule has 8 nitrogen and oxygen atoms in total. The number of carbonyl (C=O) groups is 1. The third-order valence-electron chi connectivity index (χ3n) is 6.07. The van der Waals surface area contributed by atoms with E-state index in [1.54, 1.807) is 31.2 Å². The predicted octanol–water partition coefficient (Wildman–Crippen LogP) is 1.86. The molecule has 1 N–H and O–H groups in total. The van der Waals surface area contributed by atoms with Gasteiger partial charge < -0.3 is 19.7 Å². The van der Waals surface area contributed by atoms with Gasteiger partial charge in [0.1, 0.15) is 0 Å². The Kier molecular flexibility index (Phi) is 6.44. The van der Waals surface area contributed by atoms with Crippen molar-refractivity contribution in [3.05, 3.63) is 46.4 Å². The molecule has 166 valence electrons. The Bertz CT molecular complexity index is 986. The molecule has 1 saturated heterocycles. The molecule has 8 heteroatoms. The number of carbonyl (C=O) groups excluding carboxylic acids is 1. The van der Waals surface area contributed by atoms with Crippen molar-refractivity contribution in [3.8, 4) is 11.5 Å². The Morgan fingerprint density at radius 2 is 1.97 bits per heavy atom. The SMILES string of the molecule is COc1ccc(CCNC(=O)C2CCN(c3cnn(CC4CC4)c(=O)c3)C2)cc1OC. The minimum Gasteiger partial charge on any atom is -0.493 e. The number of amides is 1. The minimum atomic E-state index is -0.0840. The van der Waals surface area contributed by atoms with Crippen molar-refractivity contribution in [1.82, 2.24) is 15.1 Å². The molecule has 1 aromatic heterocycles. The first-order valence-electron chi connectivity index (χ1n) is 10.9. The number of methoxy groups -OCH3 is 2. The van der Waals surface area contributed by atoms with Crippen LogP contribution in [0.15, 0.2) is 35.3 Å². The molecule has 1 aliphatic carbocycles. The molecule has 1 aromatic carbocycles. The maximum Gasteiger partial charge on any atom is 0.268 e. The van der Waals surface area contributed by atoms with Crippen molar-refractivity contribution >= 4 is 11.6 Å². The molecule has 2 aromatic rings. The second-order valence-corrected chi connectivity index (χ2v) is 8.34. The van der Waals surface area contributed by atoms with E-state index in [2.05, 4.69) is 15.3 Å². The second-order valence-electron chi connectivity index (χ2n) is 8.34. The fourth-order valence-electron chi connectivity index (χ4n) is 4.00. The van der Waals surface area contributed by atoms with Gasteiger partial charge in [0, 0.05) is 32.2 Å². The third-order valence-corrected chi connectivity index (χ3v) is 6.07. The first-order valence-corrected chi connectivity index (χ1v) is 10.9. The van der Waals surface area contributed by atoms with E-state index < -0.39 is 0 Å². The summed E-state index contributed by atoms with van der Waals surface area (Å²) < 4.78 is 12.1. The third kappa shape index (κ3) is 5.18. The Morgan fingerprint density at radius 3 is 2.68 bits per heavy atom. The van der Waals surface area contributed by atoms with Gasteiger partial charge in [-0.05, 0) is 49.3 Å². The molecule has 1 amide bonds. The van der Waals surface area contributed by atoms with Crippen LogP contribution in [0.2, 0.25) is 0 Å². The van der Waals surface area contributed by atoms with Gasteiger partial charge in [0.05, 0.1) is 32.0 Å².